The van der Waals surface area contributed by atoms with E-state index in [9.17, 15) is 9.90 Å². The Bertz CT molecular complexity index is 751. The van der Waals surface area contributed by atoms with Crippen LogP contribution in [0.15, 0.2) is 29.3 Å². The highest BCUT2D eigenvalue weighted by atomic mass is 35.5. The van der Waals surface area contributed by atoms with Gasteiger partial charge in [0, 0.05) is 16.8 Å². The van der Waals surface area contributed by atoms with Crippen LogP contribution < -0.4 is 0 Å². The largest absolute Gasteiger partial charge is 0.476 e. The Hall–Kier alpha value is -2.11. The zero-order chi connectivity index (χ0) is 15.6. The summed E-state index contributed by atoms with van der Waals surface area (Å²) in [5.41, 5.74) is 0.560. The van der Waals surface area contributed by atoms with E-state index < -0.39 is 5.97 Å². The molecule has 0 atom stereocenters. The minimum absolute atomic E-state index is 0.0559. The number of imidazole rings is 1. The molecule has 1 heterocycles. The number of aromatic nitrogens is 2. The lowest BCUT2D eigenvalue weighted by Crippen LogP contribution is -2.05. The number of hydrogen-bond acceptors (Lipinski definition) is 3. The fraction of sp³-hybridized carbons (Fsp3) is 0.0714. The van der Waals surface area contributed by atoms with Gasteiger partial charge in [0.25, 0.3) is 0 Å². The molecular formula is C14H11Cl2N3O2. The van der Waals surface area contributed by atoms with Gasteiger partial charge in [0.15, 0.2) is 5.69 Å². The monoisotopic (exact) mass is 323 g/mol. The quantitative estimate of drug-likeness (QED) is 0.849. The van der Waals surface area contributed by atoms with Crippen LogP contribution in [0.25, 0.3) is 17.5 Å². The van der Waals surface area contributed by atoms with Crippen LogP contribution in [-0.4, -0.2) is 27.3 Å². The van der Waals surface area contributed by atoms with E-state index in [0.29, 0.717) is 15.6 Å². The van der Waals surface area contributed by atoms with Crippen molar-refractivity contribution in [1.82, 2.24) is 9.55 Å². The molecule has 0 aliphatic rings. The summed E-state index contributed by atoms with van der Waals surface area (Å²) < 4.78 is 1.34. The molecule has 0 fully saturated rings. The van der Waals surface area contributed by atoms with Gasteiger partial charge in [-0.05, 0) is 31.8 Å². The maximum atomic E-state index is 11.6. The van der Waals surface area contributed by atoms with Gasteiger partial charge >= 0.3 is 5.97 Å². The van der Waals surface area contributed by atoms with E-state index in [1.807, 2.05) is 0 Å². The van der Waals surface area contributed by atoms with Gasteiger partial charge in [-0.1, -0.05) is 29.3 Å². The second-order valence-corrected chi connectivity index (χ2v) is 4.89. The van der Waals surface area contributed by atoms with Crippen LogP contribution in [-0.2, 0) is 0 Å². The number of benzene rings is 1. The summed E-state index contributed by atoms with van der Waals surface area (Å²) in [5.74, 6) is -0.988. The molecule has 0 radical (unpaired) electrons. The number of nitrogens with zero attached hydrogens (tertiary/aromatic N) is 3. The second kappa shape index (κ2) is 6.11. The average molecular weight is 324 g/mol. The molecule has 0 amide bonds. The molecule has 2 rings (SSSR count). The smallest absolute Gasteiger partial charge is 0.355 e. The molecule has 0 unspecified atom stereocenters. The van der Waals surface area contributed by atoms with Crippen LogP contribution in [0, 0.1) is 0 Å². The van der Waals surface area contributed by atoms with Gasteiger partial charge in [-0.2, -0.15) is 0 Å². The van der Waals surface area contributed by atoms with E-state index in [2.05, 4.69) is 16.7 Å². The van der Waals surface area contributed by atoms with Gasteiger partial charge in [0.1, 0.15) is 5.69 Å². The third kappa shape index (κ3) is 2.84. The molecule has 108 valence electrons. The van der Waals surface area contributed by atoms with Crippen LogP contribution in [0.5, 0.6) is 0 Å². The minimum atomic E-state index is -1.15. The third-order valence-corrected chi connectivity index (χ3v) is 3.28. The topological polar surface area (TPSA) is 67.5 Å². The fourth-order valence-corrected chi connectivity index (χ4v) is 2.27. The van der Waals surface area contributed by atoms with Crippen molar-refractivity contribution in [3.05, 3.63) is 40.0 Å². The van der Waals surface area contributed by atoms with Crippen molar-refractivity contribution in [2.24, 2.45) is 4.99 Å². The molecule has 0 saturated carbocycles. The number of carbonyl (C=O) groups is 1. The lowest BCUT2D eigenvalue weighted by Gasteiger charge is -2.04. The Morgan fingerprint density at radius 3 is 2.76 bits per heavy atom. The Morgan fingerprint density at radius 2 is 2.19 bits per heavy atom. The van der Waals surface area contributed by atoms with Gasteiger partial charge in [0.05, 0.1) is 5.02 Å². The molecule has 0 saturated heterocycles. The van der Waals surface area contributed by atoms with Crippen LogP contribution >= 0.6 is 23.2 Å². The summed E-state index contributed by atoms with van der Waals surface area (Å²) in [4.78, 5) is 19.5. The van der Waals surface area contributed by atoms with Crippen molar-refractivity contribution < 1.29 is 9.90 Å². The van der Waals surface area contributed by atoms with E-state index in [1.165, 1.54) is 4.57 Å². The van der Waals surface area contributed by atoms with Crippen LogP contribution in [0.2, 0.25) is 10.0 Å². The number of carboxylic acids is 1. The summed E-state index contributed by atoms with van der Waals surface area (Å²) in [6.45, 7) is 5.16. The van der Waals surface area contributed by atoms with Crippen LogP contribution in [0.3, 0.4) is 0 Å². The standard InChI is InChI=1S/C14H11Cl2N3O2/c1-3-6-19-12(13(20)21)11(18-14(19)17-2)9-7-8(15)4-5-10(9)16/h3-7H,2H2,1H3,(H,20,21)/b6-3-. The first kappa shape index (κ1) is 15.3. The highest BCUT2D eigenvalue weighted by Gasteiger charge is 2.24. The Balaban J connectivity index is 2.83. The molecule has 0 aliphatic carbocycles. The Morgan fingerprint density at radius 1 is 1.48 bits per heavy atom. The highest BCUT2D eigenvalue weighted by Crippen LogP contribution is 2.34. The molecule has 1 aromatic carbocycles. The van der Waals surface area contributed by atoms with Crippen molar-refractivity contribution in [2.75, 3.05) is 0 Å². The van der Waals surface area contributed by atoms with Crippen LogP contribution in [0.1, 0.15) is 17.4 Å². The lowest BCUT2D eigenvalue weighted by atomic mass is 10.1. The fourth-order valence-electron chi connectivity index (χ4n) is 1.89. The normalized spacial score (nSPS) is 11.0. The molecule has 1 N–H and O–H groups in total. The number of hydrogen-bond donors (Lipinski definition) is 1. The zero-order valence-corrected chi connectivity index (χ0v) is 12.6. The number of rotatable bonds is 4. The predicted octanol–water partition coefficient (Wildman–Crippen LogP) is 4.38. The molecular weight excluding hydrogens is 313 g/mol. The molecule has 7 heteroatoms. The van der Waals surface area contributed by atoms with E-state index in [1.54, 1.807) is 37.4 Å². The first-order valence-electron chi connectivity index (χ1n) is 5.90. The summed E-state index contributed by atoms with van der Waals surface area (Å²) in [7, 11) is 0. The zero-order valence-electron chi connectivity index (χ0n) is 11.0. The Labute approximate surface area is 131 Å². The number of aromatic carboxylic acids is 1. The summed E-state index contributed by atoms with van der Waals surface area (Å²) >= 11 is 12.1. The summed E-state index contributed by atoms with van der Waals surface area (Å²) in [6, 6.07) is 4.76. The molecule has 2 aromatic rings. The van der Waals surface area contributed by atoms with E-state index in [-0.39, 0.29) is 17.3 Å². The highest BCUT2D eigenvalue weighted by molar-refractivity contribution is 6.35. The summed E-state index contributed by atoms with van der Waals surface area (Å²) in [5, 5.41) is 10.3. The molecule has 21 heavy (non-hydrogen) atoms. The molecule has 1 aromatic heterocycles. The van der Waals surface area contributed by atoms with Gasteiger partial charge < -0.3 is 5.11 Å². The molecule has 5 nitrogen and oxygen atoms in total. The van der Waals surface area contributed by atoms with E-state index in [4.69, 9.17) is 23.2 Å². The maximum absolute atomic E-state index is 11.6. The van der Waals surface area contributed by atoms with E-state index in [0.717, 1.165) is 0 Å². The number of carboxylic acid groups (broad SMARTS) is 1. The van der Waals surface area contributed by atoms with Crippen molar-refractivity contribution in [1.29, 1.82) is 0 Å². The number of halogens is 2. The SMILES string of the molecule is C=Nc1nc(-c2cc(Cl)ccc2Cl)c(C(=O)O)n1/C=C\C. The van der Waals surface area contributed by atoms with Crippen LogP contribution in [0.4, 0.5) is 5.95 Å². The summed E-state index contributed by atoms with van der Waals surface area (Å²) in [6.07, 6.45) is 3.22. The van der Waals surface area contributed by atoms with Crippen molar-refractivity contribution in [2.45, 2.75) is 6.92 Å². The van der Waals surface area contributed by atoms with Crippen molar-refractivity contribution in [3.63, 3.8) is 0 Å². The number of aliphatic imine (C=N–C) groups is 1. The Kier molecular flexibility index (Phi) is 4.45. The molecule has 0 aliphatic heterocycles. The third-order valence-electron chi connectivity index (χ3n) is 2.72. The molecule has 0 bridgehead atoms. The predicted molar refractivity (Wildman–Crippen MR) is 84.9 cm³/mol. The van der Waals surface area contributed by atoms with Gasteiger partial charge in [-0.15, -0.1) is 0 Å². The average Bonchev–Trinajstić information content (AvgIpc) is 2.80. The first-order valence-corrected chi connectivity index (χ1v) is 6.65. The van der Waals surface area contributed by atoms with Crippen molar-refractivity contribution in [3.8, 4) is 11.3 Å². The van der Waals surface area contributed by atoms with Crippen molar-refractivity contribution >= 4 is 48.0 Å². The maximum Gasteiger partial charge on any atom is 0.355 e. The molecule has 0 spiro atoms. The van der Waals surface area contributed by atoms with Gasteiger partial charge in [-0.3, -0.25) is 4.57 Å². The van der Waals surface area contributed by atoms with Gasteiger partial charge in [0.2, 0.25) is 5.95 Å². The van der Waals surface area contributed by atoms with Gasteiger partial charge in [-0.25, -0.2) is 14.8 Å². The minimum Gasteiger partial charge on any atom is -0.476 e. The number of allylic oxidation sites excluding steroid dienone is 1. The first-order chi connectivity index (χ1) is 9.99. The lowest BCUT2D eigenvalue weighted by molar-refractivity contribution is 0.0690. The second-order valence-electron chi connectivity index (χ2n) is 4.05. The van der Waals surface area contributed by atoms with E-state index >= 15 is 0 Å².